The monoisotopic (exact) mass is 379 g/mol. The number of rotatable bonds is 3. The molecule has 2 N–H and O–H groups in total. The van der Waals surface area contributed by atoms with Crippen LogP contribution in [-0.4, -0.2) is 24.2 Å². The first-order chi connectivity index (χ1) is 12.1. The molecular formula is C17H15F2N3O3S. The van der Waals surface area contributed by atoms with Crippen molar-refractivity contribution in [3.63, 3.8) is 0 Å². The molecule has 6 nitrogen and oxygen atoms in total. The summed E-state index contributed by atoms with van der Waals surface area (Å²) in [5.74, 6) is -2.07. The molecule has 0 spiro atoms. The summed E-state index contributed by atoms with van der Waals surface area (Å²) < 4.78 is 53.4. The molecule has 2 aromatic carbocycles. The Balaban J connectivity index is 2.60. The van der Waals surface area contributed by atoms with E-state index in [0.717, 1.165) is 24.5 Å². The van der Waals surface area contributed by atoms with Crippen molar-refractivity contribution in [3.05, 3.63) is 64.2 Å². The Morgan fingerprint density at radius 3 is 2.23 bits per heavy atom. The second-order valence-electron chi connectivity index (χ2n) is 5.89. The molecular weight excluding hydrogens is 364 g/mol. The van der Waals surface area contributed by atoms with Crippen LogP contribution in [-0.2, 0) is 9.84 Å². The third-order valence-corrected chi connectivity index (χ3v) is 4.99. The average molecular weight is 379 g/mol. The molecule has 3 rings (SSSR count). The molecule has 0 aliphatic heterocycles. The zero-order valence-electron chi connectivity index (χ0n) is 13.9. The van der Waals surface area contributed by atoms with Crippen molar-refractivity contribution in [2.24, 2.45) is 5.73 Å². The predicted octanol–water partition coefficient (Wildman–Crippen LogP) is 2.09. The molecule has 1 aromatic heterocycles. The van der Waals surface area contributed by atoms with Gasteiger partial charge in [0.15, 0.2) is 9.84 Å². The van der Waals surface area contributed by atoms with Gasteiger partial charge >= 0.3 is 0 Å². The van der Waals surface area contributed by atoms with Gasteiger partial charge in [0, 0.05) is 6.26 Å². The minimum Gasteiger partial charge on any atom is -0.322 e. The van der Waals surface area contributed by atoms with Gasteiger partial charge < -0.3 is 5.73 Å². The van der Waals surface area contributed by atoms with Gasteiger partial charge in [-0.15, -0.1) is 0 Å². The summed E-state index contributed by atoms with van der Waals surface area (Å²) in [5, 5.41) is -0.248. The van der Waals surface area contributed by atoms with Crippen LogP contribution in [0, 0.1) is 11.6 Å². The first-order valence-corrected chi connectivity index (χ1v) is 9.47. The summed E-state index contributed by atoms with van der Waals surface area (Å²) in [6, 6.07) is 6.41. The van der Waals surface area contributed by atoms with Crippen molar-refractivity contribution in [1.29, 1.82) is 0 Å². The van der Waals surface area contributed by atoms with Gasteiger partial charge in [0.2, 0.25) is 0 Å². The molecule has 0 bridgehead atoms. The lowest BCUT2D eigenvalue weighted by Crippen LogP contribution is -2.29. The maximum atomic E-state index is 14.3. The Hall–Kier alpha value is -2.65. The maximum absolute atomic E-state index is 14.3. The van der Waals surface area contributed by atoms with Crippen LogP contribution in [0.3, 0.4) is 0 Å². The number of nitrogens with two attached hydrogens (primary N) is 1. The second-order valence-corrected chi connectivity index (χ2v) is 7.88. The van der Waals surface area contributed by atoms with Crippen molar-refractivity contribution < 1.29 is 17.2 Å². The van der Waals surface area contributed by atoms with Gasteiger partial charge in [0.05, 0.1) is 21.8 Å². The van der Waals surface area contributed by atoms with Crippen molar-refractivity contribution in [1.82, 2.24) is 9.55 Å². The van der Waals surface area contributed by atoms with Crippen LogP contribution >= 0.6 is 0 Å². The molecule has 0 unspecified atom stereocenters. The molecule has 3 aromatic rings. The van der Waals surface area contributed by atoms with E-state index in [2.05, 4.69) is 4.98 Å². The van der Waals surface area contributed by atoms with Crippen LogP contribution in [0.1, 0.15) is 18.8 Å². The zero-order chi connectivity index (χ0) is 19.2. The highest BCUT2D eigenvalue weighted by molar-refractivity contribution is 7.91. The summed E-state index contributed by atoms with van der Waals surface area (Å²) in [6.45, 7) is 1.50. The number of halogens is 2. The number of hydrogen-bond acceptors (Lipinski definition) is 5. The van der Waals surface area contributed by atoms with E-state index in [0.29, 0.717) is 4.57 Å². The van der Waals surface area contributed by atoms with Crippen molar-refractivity contribution in [2.75, 3.05) is 6.26 Å². The average Bonchev–Trinajstić information content (AvgIpc) is 2.54. The normalized spacial score (nSPS) is 13.1. The molecule has 9 heteroatoms. The smallest absolute Gasteiger partial charge is 0.267 e. The number of hydrogen-bond donors (Lipinski definition) is 1. The van der Waals surface area contributed by atoms with Gasteiger partial charge in [0.1, 0.15) is 23.1 Å². The molecule has 0 aliphatic carbocycles. The highest BCUT2D eigenvalue weighted by Gasteiger charge is 2.24. The number of para-hydroxylation sites is 1. The summed E-state index contributed by atoms with van der Waals surface area (Å²) >= 11 is 0. The molecule has 0 fully saturated rings. The molecule has 1 atom stereocenters. The van der Waals surface area contributed by atoms with Gasteiger partial charge in [-0.25, -0.2) is 22.2 Å². The lowest BCUT2D eigenvalue weighted by atomic mass is 10.2. The minimum atomic E-state index is -3.78. The Morgan fingerprint density at radius 1 is 1.12 bits per heavy atom. The highest BCUT2D eigenvalue weighted by Crippen LogP contribution is 2.24. The summed E-state index contributed by atoms with van der Waals surface area (Å²) in [5.41, 5.74) is 4.37. The van der Waals surface area contributed by atoms with Gasteiger partial charge in [0.25, 0.3) is 5.56 Å². The van der Waals surface area contributed by atoms with Crippen LogP contribution in [0.15, 0.2) is 46.1 Å². The van der Waals surface area contributed by atoms with Crippen LogP contribution in [0.2, 0.25) is 0 Å². The van der Waals surface area contributed by atoms with E-state index in [1.807, 2.05) is 0 Å². The molecule has 26 heavy (non-hydrogen) atoms. The molecule has 0 aliphatic rings. The number of sulfone groups is 1. The fraction of sp³-hybridized carbons (Fsp3) is 0.176. The van der Waals surface area contributed by atoms with Crippen molar-refractivity contribution >= 4 is 20.7 Å². The van der Waals surface area contributed by atoms with Gasteiger partial charge in [-0.1, -0.05) is 12.1 Å². The fourth-order valence-electron chi connectivity index (χ4n) is 2.75. The van der Waals surface area contributed by atoms with Crippen molar-refractivity contribution in [3.8, 4) is 5.69 Å². The molecule has 0 saturated heterocycles. The molecule has 1 heterocycles. The highest BCUT2D eigenvalue weighted by atomic mass is 32.2. The Morgan fingerprint density at radius 2 is 1.69 bits per heavy atom. The quantitative estimate of drug-likeness (QED) is 0.752. The van der Waals surface area contributed by atoms with Gasteiger partial charge in [-0.3, -0.25) is 9.36 Å². The SMILES string of the molecule is C[C@H](N)c1nc2cccc(S(C)(=O)=O)c2c(=O)n1-c1c(F)cccc1F. The maximum Gasteiger partial charge on any atom is 0.267 e. The van der Waals surface area contributed by atoms with Gasteiger partial charge in [-0.2, -0.15) is 0 Å². The molecule has 0 radical (unpaired) electrons. The van der Waals surface area contributed by atoms with E-state index in [9.17, 15) is 22.0 Å². The molecule has 136 valence electrons. The van der Waals surface area contributed by atoms with E-state index in [4.69, 9.17) is 5.73 Å². The van der Waals surface area contributed by atoms with E-state index in [-0.39, 0.29) is 21.6 Å². The van der Waals surface area contributed by atoms with Crippen molar-refractivity contribution in [2.45, 2.75) is 17.9 Å². The lowest BCUT2D eigenvalue weighted by Gasteiger charge is -2.17. The molecule has 0 amide bonds. The first-order valence-electron chi connectivity index (χ1n) is 7.58. The van der Waals surface area contributed by atoms with E-state index in [1.54, 1.807) is 0 Å². The van der Waals surface area contributed by atoms with Crippen LogP contribution < -0.4 is 11.3 Å². The van der Waals surface area contributed by atoms with E-state index in [1.165, 1.54) is 25.1 Å². The third-order valence-electron chi connectivity index (χ3n) is 3.85. The summed E-state index contributed by atoms with van der Waals surface area (Å²) in [7, 11) is -3.78. The lowest BCUT2D eigenvalue weighted by molar-refractivity contribution is 0.555. The Kier molecular flexibility index (Phi) is 4.37. The number of nitrogens with zero attached hydrogens (tertiary/aromatic N) is 2. The Bertz CT molecular complexity index is 1170. The fourth-order valence-corrected chi connectivity index (χ4v) is 3.64. The Labute approximate surface area is 147 Å². The number of fused-ring (bicyclic) bond motifs is 1. The van der Waals surface area contributed by atoms with E-state index >= 15 is 0 Å². The predicted molar refractivity (Wildman–Crippen MR) is 93.0 cm³/mol. The van der Waals surface area contributed by atoms with Crippen LogP contribution in [0.4, 0.5) is 8.78 Å². The standard InChI is InChI=1S/C17H15F2N3O3S/c1-9(20)16-21-12-7-4-8-13(26(2,24)25)14(12)17(23)22(16)15-10(18)5-3-6-11(15)19/h3-9H,20H2,1-2H3/t9-/m0/s1. The van der Waals surface area contributed by atoms with Crippen LogP contribution in [0.25, 0.3) is 16.6 Å². The summed E-state index contributed by atoms with van der Waals surface area (Å²) in [6.07, 6.45) is 0.939. The number of aromatic nitrogens is 2. The third kappa shape index (κ3) is 2.89. The minimum absolute atomic E-state index is 0.0817. The largest absolute Gasteiger partial charge is 0.322 e. The molecule has 0 saturated carbocycles. The first kappa shape index (κ1) is 18.2. The summed E-state index contributed by atoms with van der Waals surface area (Å²) in [4.78, 5) is 17.0. The van der Waals surface area contributed by atoms with Crippen LogP contribution in [0.5, 0.6) is 0 Å². The number of benzene rings is 2. The van der Waals surface area contributed by atoms with E-state index < -0.39 is 38.8 Å². The zero-order valence-corrected chi connectivity index (χ0v) is 14.7. The second kappa shape index (κ2) is 6.26. The topological polar surface area (TPSA) is 95.1 Å². The van der Waals surface area contributed by atoms with Gasteiger partial charge in [-0.05, 0) is 31.2 Å².